The average molecular weight is 269 g/mol. The lowest BCUT2D eigenvalue weighted by molar-refractivity contribution is -0.00549. The van der Waals surface area contributed by atoms with Gasteiger partial charge in [-0.3, -0.25) is 4.90 Å². The molecule has 0 spiro atoms. The Hall–Kier alpha value is -0.910. The summed E-state index contributed by atoms with van der Waals surface area (Å²) < 4.78 is 29.2. The van der Waals surface area contributed by atoms with E-state index in [2.05, 4.69) is 0 Å². The number of nitrogens with zero attached hydrogens (tertiary/aromatic N) is 1. The first-order valence-corrected chi connectivity index (χ1v) is 7.66. The third kappa shape index (κ3) is 2.43. The molecule has 0 fully saturated rings. The van der Waals surface area contributed by atoms with Crippen molar-refractivity contribution in [1.29, 1.82) is 0 Å². The quantitative estimate of drug-likeness (QED) is 0.782. The van der Waals surface area contributed by atoms with Crippen LogP contribution in [0.5, 0.6) is 0 Å². The van der Waals surface area contributed by atoms with Crippen molar-refractivity contribution in [2.24, 2.45) is 0 Å². The summed E-state index contributed by atoms with van der Waals surface area (Å²) in [6.07, 6.45) is 1.39. The smallest absolute Gasteiger partial charge is 0.178 e. The van der Waals surface area contributed by atoms with Crippen LogP contribution in [0.15, 0.2) is 23.1 Å². The van der Waals surface area contributed by atoms with E-state index in [1.807, 2.05) is 31.1 Å². The lowest BCUT2D eigenvalue weighted by Gasteiger charge is -2.25. The Morgan fingerprint density at radius 2 is 2.06 bits per heavy atom. The minimum Gasteiger partial charge on any atom is -0.362 e. The van der Waals surface area contributed by atoms with Crippen molar-refractivity contribution in [2.45, 2.75) is 24.0 Å². The number of methoxy groups -OCH3 is 1. The van der Waals surface area contributed by atoms with Crippen molar-refractivity contribution in [1.82, 2.24) is 4.90 Å². The van der Waals surface area contributed by atoms with Gasteiger partial charge in [0.2, 0.25) is 0 Å². The SMILES string of the molecule is COC(c1ccc2c(c1)CCCS2(=O)=O)N(C)C. The fourth-order valence-electron chi connectivity index (χ4n) is 2.46. The van der Waals surface area contributed by atoms with Crippen LogP contribution in [-0.2, 0) is 21.0 Å². The van der Waals surface area contributed by atoms with Gasteiger partial charge >= 0.3 is 0 Å². The van der Waals surface area contributed by atoms with Crippen molar-refractivity contribution in [2.75, 3.05) is 27.0 Å². The summed E-state index contributed by atoms with van der Waals surface area (Å²) in [5.41, 5.74) is 1.92. The highest BCUT2D eigenvalue weighted by atomic mass is 32.2. The number of hydrogen-bond donors (Lipinski definition) is 0. The minimum absolute atomic E-state index is 0.139. The third-order valence-corrected chi connectivity index (χ3v) is 5.15. The maximum Gasteiger partial charge on any atom is 0.178 e. The normalized spacial score (nSPS) is 19.6. The minimum atomic E-state index is -3.07. The molecule has 1 atom stereocenters. The molecule has 1 aliphatic heterocycles. The van der Waals surface area contributed by atoms with Crippen molar-refractivity contribution < 1.29 is 13.2 Å². The topological polar surface area (TPSA) is 46.6 Å². The summed E-state index contributed by atoms with van der Waals surface area (Å²) in [6, 6.07) is 5.52. The molecule has 2 rings (SSSR count). The van der Waals surface area contributed by atoms with Crippen LogP contribution in [0.25, 0.3) is 0 Å². The Morgan fingerprint density at radius 1 is 1.33 bits per heavy atom. The number of aryl methyl sites for hydroxylation is 1. The van der Waals surface area contributed by atoms with E-state index in [9.17, 15) is 8.42 Å². The standard InChI is InChI=1S/C13H19NO3S/c1-14(2)13(17-3)11-6-7-12-10(9-11)5-4-8-18(12,15)16/h6-7,9,13H,4-5,8H2,1-3H3. The highest BCUT2D eigenvalue weighted by Crippen LogP contribution is 2.29. The lowest BCUT2D eigenvalue weighted by Crippen LogP contribution is -2.22. The van der Waals surface area contributed by atoms with Gasteiger partial charge in [-0.1, -0.05) is 12.1 Å². The van der Waals surface area contributed by atoms with Crippen molar-refractivity contribution in [3.05, 3.63) is 29.3 Å². The van der Waals surface area contributed by atoms with Crippen LogP contribution in [0.2, 0.25) is 0 Å². The fourth-order valence-corrected chi connectivity index (χ4v) is 4.04. The van der Waals surface area contributed by atoms with Gasteiger partial charge in [0.1, 0.15) is 6.23 Å². The van der Waals surface area contributed by atoms with E-state index in [1.54, 1.807) is 13.2 Å². The van der Waals surface area contributed by atoms with Crippen LogP contribution < -0.4 is 0 Å². The molecule has 1 unspecified atom stereocenters. The van der Waals surface area contributed by atoms with E-state index >= 15 is 0 Å². The molecule has 0 saturated heterocycles. The molecule has 0 aliphatic carbocycles. The zero-order valence-corrected chi connectivity index (χ0v) is 11.8. The zero-order chi connectivity index (χ0) is 13.3. The van der Waals surface area contributed by atoms with Gasteiger partial charge in [0, 0.05) is 7.11 Å². The first kappa shape index (κ1) is 13.5. The molecule has 100 valence electrons. The number of benzene rings is 1. The van der Waals surface area contributed by atoms with Gasteiger partial charge in [0.25, 0.3) is 0 Å². The Kier molecular flexibility index (Phi) is 3.75. The molecule has 5 heteroatoms. The van der Waals surface area contributed by atoms with Crippen LogP contribution in [0, 0.1) is 0 Å². The van der Waals surface area contributed by atoms with E-state index in [4.69, 9.17) is 4.74 Å². The summed E-state index contributed by atoms with van der Waals surface area (Å²) in [6.45, 7) is 0. The Balaban J connectivity index is 2.45. The molecule has 0 amide bonds. The van der Waals surface area contributed by atoms with Crippen LogP contribution >= 0.6 is 0 Å². The molecule has 0 radical (unpaired) electrons. The molecule has 1 heterocycles. The molecule has 4 nitrogen and oxygen atoms in total. The summed E-state index contributed by atoms with van der Waals surface area (Å²) in [5, 5.41) is 0. The predicted molar refractivity (Wildman–Crippen MR) is 70.3 cm³/mol. The number of fused-ring (bicyclic) bond motifs is 1. The molecule has 0 bridgehead atoms. The molecule has 1 aromatic carbocycles. The van der Waals surface area contributed by atoms with Gasteiger partial charge in [-0.05, 0) is 44.1 Å². The second-order valence-electron chi connectivity index (χ2n) is 4.84. The van der Waals surface area contributed by atoms with E-state index in [0.29, 0.717) is 11.3 Å². The number of rotatable bonds is 3. The average Bonchev–Trinajstić information content (AvgIpc) is 2.28. The highest BCUT2D eigenvalue weighted by molar-refractivity contribution is 7.91. The molecule has 18 heavy (non-hydrogen) atoms. The number of ether oxygens (including phenoxy) is 1. The monoisotopic (exact) mass is 269 g/mol. The predicted octanol–water partition coefficient (Wildman–Crippen LogP) is 1.61. The van der Waals surface area contributed by atoms with Crippen molar-refractivity contribution in [3.8, 4) is 0 Å². The first-order valence-electron chi connectivity index (χ1n) is 6.00. The van der Waals surface area contributed by atoms with Gasteiger partial charge in [0.05, 0.1) is 10.6 Å². The molecule has 0 N–H and O–H groups in total. The summed E-state index contributed by atoms with van der Waals surface area (Å²) in [7, 11) is 2.46. The van der Waals surface area contributed by atoms with Crippen molar-refractivity contribution >= 4 is 9.84 Å². The molecule has 0 saturated carbocycles. The van der Waals surface area contributed by atoms with Crippen LogP contribution in [-0.4, -0.2) is 40.3 Å². The second-order valence-corrected chi connectivity index (χ2v) is 6.92. The van der Waals surface area contributed by atoms with Crippen LogP contribution in [0.1, 0.15) is 23.8 Å². The molecule has 0 aromatic heterocycles. The first-order chi connectivity index (χ1) is 8.45. The van der Waals surface area contributed by atoms with Crippen molar-refractivity contribution in [3.63, 3.8) is 0 Å². The second kappa shape index (κ2) is 4.99. The Bertz CT molecular complexity index is 537. The molecular formula is C13H19NO3S. The van der Waals surface area contributed by atoms with Crippen LogP contribution in [0.3, 0.4) is 0 Å². The maximum atomic E-state index is 11.9. The van der Waals surface area contributed by atoms with E-state index in [1.165, 1.54) is 0 Å². The number of hydrogen-bond acceptors (Lipinski definition) is 4. The van der Waals surface area contributed by atoms with Crippen LogP contribution in [0.4, 0.5) is 0 Å². The van der Waals surface area contributed by atoms with Gasteiger partial charge in [0.15, 0.2) is 9.84 Å². The Morgan fingerprint density at radius 3 is 2.67 bits per heavy atom. The van der Waals surface area contributed by atoms with E-state index in [-0.39, 0.29) is 12.0 Å². The fraction of sp³-hybridized carbons (Fsp3) is 0.538. The molecule has 1 aliphatic rings. The van der Waals surface area contributed by atoms with Gasteiger partial charge in [-0.15, -0.1) is 0 Å². The van der Waals surface area contributed by atoms with Gasteiger partial charge < -0.3 is 4.74 Å². The van der Waals surface area contributed by atoms with E-state index < -0.39 is 9.84 Å². The molecular weight excluding hydrogens is 250 g/mol. The summed E-state index contributed by atoms with van der Waals surface area (Å²) in [5.74, 6) is 0.265. The summed E-state index contributed by atoms with van der Waals surface area (Å²) >= 11 is 0. The number of sulfone groups is 1. The van der Waals surface area contributed by atoms with Gasteiger partial charge in [-0.2, -0.15) is 0 Å². The molecule has 1 aromatic rings. The third-order valence-electron chi connectivity index (χ3n) is 3.26. The summed E-state index contributed by atoms with van der Waals surface area (Å²) in [4.78, 5) is 2.45. The van der Waals surface area contributed by atoms with Gasteiger partial charge in [-0.25, -0.2) is 8.42 Å². The zero-order valence-electron chi connectivity index (χ0n) is 11.0. The maximum absolute atomic E-state index is 11.9. The largest absolute Gasteiger partial charge is 0.362 e. The lowest BCUT2D eigenvalue weighted by atomic mass is 10.0. The van der Waals surface area contributed by atoms with E-state index in [0.717, 1.165) is 17.5 Å². The Labute approximate surface area is 108 Å². The highest BCUT2D eigenvalue weighted by Gasteiger charge is 2.24.